The lowest BCUT2D eigenvalue weighted by Crippen LogP contribution is -2.44. The summed E-state index contributed by atoms with van der Waals surface area (Å²) in [6, 6.07) is 0. The molecular weight excluding hydrogens is 164 g/mol. The molecule has 0 aliphatic carbocycles. The first-order valence-corrected chi connectivity index (χ1v) is 3.85. The van der Waals surface area contributed by atoms with Crippen LogP contribution in [0.15, 0.2) is 0 Å². The lowest BCUT2D eigenvalue weighted by Gasteiger charge is -2.33. The Balaban J connectivity index is 1.88. The third-order valence-corrected chi connectivity index (χ3v) is 2.06. The highest BCUT2D eigenvalue weighted by Gasteiger charge is 2.42. The highest BCUT2D eigenvalue weighted by atomic mass is 17.2. The Morgan fingerprint density at radius 2 is 1.67 bits per heavy atom. The summed E-state index contributed by atoms with van der Waals surface area (Å²) in [5.74, 6) is 0. The molecule has 0 amide bonds. The molecule has 0 radical (unpaired) electrons. The Hall–Kier alpha value is -0.200. The molecule has 5 nitrogen and oxygen atoms in total. The van der Waals surface area contributed by atoms with Gasteiger partial charge in [0.1, 0.15) is 0 Å². The molecule has 2 saturated heterocycles. The Kier molecular flexibility index (Phi) is 2.29. The van der Waals surface area contributed by atoms with Gasteiger partial charge in [0, 0.05) is 7.11 Å². The molecule has 0 unspecified atom stereocenters. The predicted molar refractivity (Wildman–Crippen MR) is 37.0 cm³/mol. The summed E-state index contributed by atoms with van der Waals surface area (Å²) in [5.41, 5.74) is -0.116. The molecule has 2 fully saturated rings. The van der Waals surface area contributed by atoms with E-state index >= 15 is 0 Å². The lowest BCUT2D eigenvalue weighted by molar-refractivity contribution is -0.327. The van der Waals surface area contributed by atoms with Crippen LogP contribution in [0.5, 0.6) is 0 Å². The highest BCUT2D eigenvalue weighted by Crippen LogP contribution is 2.29. The Morgan fingerprint density at radius 1 is 1.08 bits per heavy atom. The standard InChI is InChI=1S/C7H12O5/c1-8-6-9-2-7(3-10-6)4-11-12-5-7/h6H,2-5H2,1H3. The van der Waals surface area contributed by atoms with Crippen LogP contribution >= 0.6 is 0 Å². The molecule has 2 rings (SSSR count). The van der Waals surface area contributed by atoms with Crippen molar-refractivity contribution < 1.29 is 24.0 Å². The van der Waals surface area contributed by atoms with Crippen LogP contribution in [-0.4, -0.2) is 40.0 Å². The Bertz CT molecular complexity index is 144. The molecule has 0 aromatic carbocycles. The van der Waals surface area contributed by atoms with E-state index in [2.05, 4.69) is 0 Å². The minimum atomic E-state index is -0.531. The normalized spacial score (nSPS) is 29.8. The van der Waals surface area contributed by atoms with Crippen molar-refractivity contribution in [1.29, 1.82) is 0 Å². The fraction of sp³-hybridized carbons (Fsp3) is 1.00. The molecule has 0 atom stereocenters. The van der Waals surface area contributed by atoms with Gasteiger partial charge in [-0.3, -0.25) is 0 Å². The fourth-order valence-corrected chi connectivity index (χ4v) is 1.26. The second-order valence-corrected chi connectivity index (χ2v) is 3.17. The van der Waals surface area contributed by atoms with Crippen LogP contribution in [0.1, 0.15) is 0 Å². The Morgan fingerprint density at radius 3 is 2.17 bits per heavy atom. The van der Waals surface area contributed by atoms with Crippen LogP contribution in [-0.2, 0) is 24.0 Å². The molecule has 70 valence electrons. The van der Waals surface area contributed by atoms with E-state index in [4.69, 9.17) is 24.0 Å². The minimum absolute atomic E-state index is 0.116. The Labute approximate surface area is 70.4 Å². The molecule has 2 heterocycles. The van der Waals surface area contributed by atoms with Gasteiger partial charge in [0.05, 0.1) is 31.8 Å². The van der Waals surface area contributed by atoms with Crippen molar-refractivity contribution >= 4 is 0 Å². The summed E-state index contributed by atoms with van der Waals surface area (Å²) in [6.45, 7) is 1.65. The minimum Gasteiger partial charge on any atom is -0.333 e. The summed E-state index contributed by atoms with van der Waals surface area (Å²) in [4.78, 5) is 9.61. The molecule has 0 bridgehead atoms. The maximum absolute atomic E-state index is 5.26. The largest absolute Gasteiger partial charge is 0.333 e. The van der Waals surface area contributed by atoms with Crippen LogP contribution in [0.4, 0.5) is 0 Å². The van der Waals surface area contributed by atoms with Crippen LogP contribution in [0.25, 0.3) is 0 Å². The molecule has 0 aromatic heterocycles. The van der Waals surface area contributed by atoms with E-state index in [1.807, 2.05) is 0 Å². The van der Waals surface area contributed by atoms with E-state index in [0.717, 1.165) is 0 Å². The van der Waals surface area contributed by atoms with Gasteiger partial charge in [0.2, 0.25) is 0 Å². The van der Waals surface area contributed by atoms with Crippen LogP contribution < -0.4 is 0 Å². The van der Waals surface area contributed by atoms with Gasteiger partial charge in [-0.2, -0.15) is 0 Å². The first-order chi connectivity index (χ1) is 5.85. The van der Waals surface area contributed by atoms with Crippen molar-refractivity contribution in [2.45, 2.75) is 6.48 Å². The van der Waals surface area contributed by atoms with Gasteiger partial charge >= 0.3 is 0 Å². The molecule has 12 heavy (non-hydrogen) atoms. The van der Waals surface area contributed by atoms with Crippen LogP contribution in [0.3, 0.4) is 0 Å². The first kappa shape index (κ1) is 8.40. The lowest BCUT2D eigenvalue weighted by atomic mass is 9.93. The van der Waals surface area contributed by atoms with Crippen LogP contribution in [0.2, 0.25) is 0 Å². The molecular formula is C7H12O5. The highest BCUT2D eigenvalue weighted by molar-refractivity contribution is 4.82. The second-order valence-electron chi connectivity index (χ2n) is 3.17. The number of methoxy groups -OCH3 is 1. The molecule has 2 aliphatic rings. The van der Waals surface area contributed by atoms with Crippen molar-refractivity contribution in [3.05, 3.63) is 0 Å². The average Bonchev–Trinajstić information content (AvgIpc) is 2.55. The van der Waals surface area contributed by atoms with Gasteiger partial charge in [-0.15, -0.1) is 0 Å². The maximum Gasteiger partial charge on any atom is 0.271 e. The topological polar surface area (TPSA) is 46.2 Å². The first-order valence-electron chi connectivity index (χ1n) is 3.85. The summed E-state index contributed by atoms with van der Waals surface area (Å²) in [5, 5.41) is 0. The van der Waals surface area contributed by atoms with E-state index < -0.39 is 6.48 Å². The number of rotatable bonds is 1. The summed E-state index contributed by atoms with van der Waals surface area (Å²) >= 11 is 0. The van der Waals surface area contributed by atoms with E-state index in [-0.39, 0.29) is 5.41 Å². The van der Waals surface area contributed by atoms with E-state index in [0.29, 0.717) is 26.4 Å². The molecule has 5 heteroatoms. The number of hydrogen-bond acceptors (Lipinski definition) is 5. The maximum atomic E-state index is 5.26. The number of hydrogen-bond donors (Lipinski definition) is 0. The molecule has 1 spiro atoms. The van der Waals surface area contributed by atoms with Gasteiger partial charge in [0.15, 0.2) is 0 Å². The van der Waals surface area contributed by atoms with E-state index in [1.165, 1.54) is 0 Å². The average molecular weight is 176 g/mol. The zero-order valence-corrected chi connectivity index (χ0v) is 6.95. The van der Waals surface area contributed by atoms with Gasteiger partial charge in [-0.25, -0.2) is 9.78 Å². The molecule has 0 aromatic rings. The van der Waals surface area contributed by atoms with Crippen molar-refractivity contribution in [2.75, 3.05) is 33.5 Å². The molecule has 0 saturated carbocycles. The van der Waals surface area contributed by atoms with Gasteiger partial charge in [-0.05, 0) is 0 Å². The SMILES string of the molecule is COC1OCC2(COOC2)CO1. The smallest absolute Gasteiger partial charge is 0.271 e. The van der Waals surface area contributed by atoms with Crippen molar-refractivity contribution in [2.24, 2.45) is 5.41 Å². The summed E-state index contributed by atoms with van der Waals surface area (Å²) in [6.07, 6.45) is 0. The van der Waals surface area contributed by atoms with Crippen molar-refractivity contribution in [1.82, 2.24) is 0 Å². The predicted octanol–water partition coefficient (Wildman–Crippen LogP) is -0.0886. The van der Waals surface area contributed by atoms with Gasteiger partial charge in [-0.1, -0.05) is 0 Å². The van der Waals surface area contributed by atoms with Gasteiger partial charge in [0.25, 0.3) is 6.48 Å². The summed E-state index contributed by atoms with van der Waals surface area (Å²) < 4.78 is 15.4. The molecule has 0 N–H and O–H groups in total. The number of ether oxygens (including phenoxy) is 3. The molecule has 2 aliphatic heterocycles. The van der Waals surface area contributed by atoms with Crippen molar-refractivity contribution in [3.8, 4) is 0 Å². The summed E-state index contributed by atoms with van der Waals surface area (Å²) in [7, 11) is 1.55. The quantitative estimate of drug-likeness (QED) is 0.522. The zero-order chi connectivity index (χ0) is 8.44. The fourth-order valence-electron chi connectivity index (χ4n) is 1.26. The van der Waals surface area contributed by atoms with E-state index in [9.17, 15) is 0 Å². The van der Waals surface area contributed by atoms with E-state index in [1.54, 1.807) is 7.11 Å². The van der Waals surface area contributed by atoms with Crippen LogP contribution in [0, 0.1) is 5.41 Å². The monoisotopic (exact) mass is 176 g/mol. The third-order valence-electron chi connectivity index (χ3n) is 2.06. The van der Waals surface area contributed by atoms with Crippen molar-refractivity contribution in [3.63, 3.8) is 0 Å². The zero-order valence-electron chi connectivity index (χ0n) is 6.95. The van der Waals surface area contributed by atoms with Gasteiger partial charge < -0.3 is 14.2 Å². The second kappa shape index (κ2) is 3.27. The third kappa shape index (κ3) is 1.46.